The van der Waals surface area contributed by atoms with Crippen LogP contribution in [0.15, 0.2) is 120 Å². The highest BCUT2D eigenvalue weighted by atomic mass is 16.3. The predicted octanol–water partition coefficient (Wildman–Crippen LogP) is 10.6. The Labute approximate surface area is 222 Å². The van der Waals surface area contributed by atoms with Gasteiger partial charge in [0.25, 0.3) is 0 Å². The van der Waals surface area contributed by atoms with Gasteiger partial charge in [-0.2, -0.15) is 0 Å². The molecule has 184 valence electrons. The minimum Gasteiger partial charge on any atom is -0.454 e. The highest BCUT2D eigenvalue weighted by Gasteiger charge is 2.24. The molecular weight excluding hydrogens is 462 g/mol. The summed E-state index contributed by atoms with van der Waals surface area (Å²) in [6.45, 7) is 6.76. The van der Waals surface area contributed by atoms with Crippen molar-refractivity contribution in [2.75, 3.05) is 5.32 Å². The van der Waals surface area contributed by atoms with Gasteiger partial charge in [0.2, 0.25) is 0 Å². The second-order valence-corrected chi connectivity index (χ2v) is 11.1. The maximum Gasteiger partial charge on any atom is 0.158 e. The van der Waals surface area contributed by atoms with E-state index in [0.717, 1.165) is 27.9 Å². The topological polar surface area (TPSA) is 25.2 Å². The maximum absolute atomic E-state index is 6.77. The molecule has 2 heteroatoms. The first-order valence-electron chi connectivity index (χ1n) is 13.2. The third-order valence-electron chi connectivity index (χ3n) is 7.57. The van der Waals surface area contributed by atoms with Crippen molar-refractivity contribution in [1.82, 2.24) is 0 Å². The van der Waals surface area contributed by atoms with Crippen LogP contribution in [0, 0.1) is 0 Å². The van der Waals surface area contributed by atoms with E-state index in [1.807, 2.05) is 0 Å². The van der Waals surface area contributed by atoms with Crippen molar-refractivity contribution in [3.8, 4) is 11.1 Å². The van der Waals surface area contributed by atoms with Crippen LogP contribution in [0.5, 0.6) is 0 Å². The quantitative estimate of drug-likeness (QED) is 0.266. The summed E-state index contributed by atoms with van der Waals surface area (Å²) in [7, 11) is 0. The molecule has 1 aromatic heterocycles. The number of hydrogen-bond acceptors (Lipinski definition) is 2. The molecule has 0 saturated heterocycles. The Bertz CT molecular complexity index is 1980. The molecule has 38 heavy (non-hydrogen) atoms. The summed E-state index contributed by atoms with van der Waals surface area (Å²) in [5.41, 5.74) is 7.43. The van der Waals surface area contributed by atoms with Crippen molar-refractivity contribution < 1.29 is 4.42 Å². The standard InChI is InChI=1S/C36H29NO/c1-36(2,3)30-22-24-13-5-7-16-26(24)33-29-19-11-21-32(34(29)38-35(30)33)37-31-20-9-8-17-28(31)27-18-10-14-23-12-4-6-15-25(23)27/h4-22,37H,1-3H3. The van der Waals surface area contributed by atoms with E-state index in [1.165, 1.54) is 43.6 Å². The number of anilines is 2. The van der Waals surface area contributed by atoms with Crippen molar-refractivity contribution in [3.63, 3.8) is 0 Å². The van der Waals surface area contributed by atoms with Gasteiger partial charge in [-0.3, -0.25) is 0 Å². The van der Waals surface area contributed by atoms with Crippen LogP contribution in [0.1, 0.15) is 26.3 Å². The van der Waals surface area contributed by atoms with Crippen LogP contribution in [0.25, 0.3) is 54.6 Å². The number of benzene rings is 6. The molecule has 0 aliphatic carbocycles. The van der Waals surface area contributed by atoms with Crippen LogP contribution < -0.4 is 5.32 Å². The highest BCUT2D eigenvalue weighted by molar-refractivity contribution is 6.21. The monoisotopic (exact) mass is 491 g/mol. The van der Waals surface area contributed by atoms with E-state index in [-0.39, 0.29) is 5.41 Å². The smallest absolute Gasteiger partial charge is 0.158 e. The predicted molar refractivity (Wildman–Crippen MR) is 163 cm³/mol. The van der Waals surface area contributed by atoms with Crippen LogP contribution in [0.2, 0.25) is 0 Å². The molecule has 2 nitrogen and oxygen atoms in total. The van der Waals surface area contributed by atoms with Crippen LogP contribution in [0.3, 0.4) is 0 Å². The first-order valence-corrected chi connectivity index (χ1v) is 13.2. The van der Waals surface area contributed by atoms with E-state index in [4.69, 9.17) is 4.42 Å². The van der Waals surface area contributed by atoms with E-state index < -0.39 is 0 Å². The Balaban J connectivity index is 1.46. The largest absolute Gasteiger partial charge is 0.454 e. The highest BCUT2D eigenvalue weighted by Crippen LogP contribution is 2.44. The van der Waals surface area contributed by atoms with Gasteiger partial charge in [0.05, 0.1) is 5.69 Å². The van der Waals surface area contributed by atoms with Crippen LogP contribution in [-0.4, -0.2) is 0 Å². The van der Waals surface area contributed by atoms with Gasteiger partial charge in [0.1, 0.15) is 5.58 Å². The molecule has 0 unspecified atom stereocenters. The lowest BCUT2D eigenvalue weighted by atomic mass is 9.84. The zero-order valence-electron chi connectivity index (χ0n) is 21.9. The minimum absolute atomic E-state index is 0.0509. The van der Waals surface area contributed by atoms with Crippen LogP contribution in [-0.2, 0) is 5.41 Å². The molecule has 0 fully saturated rings. The van der Waals surface area contributed by atoms with Crippen LogP contribution >= 0.6 is 0 Å². The summed E-state index contributed by atoms with van der Waals surface area (Å²) in [6.07, 6.45) is 0. The fraction of sp³-hybridized carbons (Fsp3) is 0.111. The van der Waals surface area contributed by atoms with E-state index in [2.05, 4.69) is 141 Å². The molecule has 7 aromatic rings. The fourth-order valence-electron chi connectivity index (χ4n) is 5.74. The molecule has 0 saturated carbocycles. The van der Waals surface area contributed by atoms with Crippen molar-refractivity contribution in [2.24, 2.45) is 0 Å². The SMILES string of the molecule is CC(C)(C)c1cc2ccccc2c2c1oc1c(Nc3ccccc3-c3cccc4ccccc34)cccc12. The molecule has 1 N–H and O–H groups in total. The minimum atomic E-state index is -0.0509. The molecule has 0 radical (unpaired) electrons. The fourth-order valence-corrected chi connectivity index (χ4v) is 5.74. The van der Waals surface area contributed by atoms with Gasteiger partial charge in [0.15, 0.2) is 5.58 Å². The van der Waals surface area contributed by atoms with E-state index >= 15 is 0 Å². The Morgan fingerprint density at radius 2 is 1.13 bits per heavy atom. The molecule has 0 aliphatic heterocycles. The summed E-state index contributed by atoms with van der Waals surface area (Å²) >= 11 is 0. The van der Waals surface area contributed by atoms with Gasteiger partial charge < -0.3 is 9.73 Å². The number of rotatable bonds is 3. The zero-order chi connectivity index (χ0) is 25.9. The van der Waals surface area contributed by atoms with E-state index in [1.54, 1.807) is 0 Å². The van der Waals surface area contributed by atoms with Crippen molar-refractivity contribution >= 4 is 54.9 Å². The molecule has 0 aliphatic rings. The second kappa shape index (κ2) is 8.49. The average molecular weight is 492 g/mol. The first kappa shape index (κ1) is 22.6. The molecule has 6 aromatic carbocycles. The van der Waals surface area contributed by atoms with Gasteiger partial charge in [-0.25, -0.2) is 0 Å². The van der Waals surface area contributed by atoms with Crippen molar-refractivity contribution in [1.29, 1.82) is 0 Å². The molecule has 0 bridgehead atoms. The first-order chi connectivity index (χ1) is 18.5. The van der Waals surface area contributed by atoms with Gasteiger partial charge >= 0.3 is 0 Å². The van der Waals surface area contributed by atoms with Gasteiger partial charge in [-0.15, -0.1) is 0 Å². The summed E-state index contributed by atoms with van der Waals surface area (Å²) in [5, 5.41) is 11.0. The summed E-state index contributed by atoms with van der Waals surface area (Å²) in [4.78, 5) is 0. The molecule has 0 amide bonds. The Kier molecular flexibility index (Phi) is 5.06. The number of furan rings is 1. The van der Waals surface area contributed by atoms with Gasteiger partial charge in [0, 0.05) is 27.6 Å². The van der Waals surface area contributed by atoms with Gasteiger partial charge in [-0.05, 0) is 50.7 Å². The Morgan fingerprint density at radius 3 is 1.97 bits per heavy atom. The molecule has 1 heterocycles. The normalized spacial score (nSPS) is 12.1. The van der Waals surface area contributed by atoms with E-state index in [0.29, 0.717) is 0 Å². The van der Waals surface area contributed by atoms with Crippen molar-refractivity contribution in [2.45, 2.75) is 26.2 Å². The Hall–Kier alpha value is -4.56. The molecule has 0 atom stereocenters. The second-order valence-electron chi connectivity index (χ2n) is 11.1. The maximum atomic E-state index is 6.77. The summed E-state index contributed by atoms with van der Waals surface area (Å²) in [6, 6.07) is 40.9. The lowest BCUT2D eigenvalue weighted by Gasteiger charge is -2.20. The molecule has 7 rings (SSSR count). The third kappa shape index (κ3) is 3.56. The lowest BCUT2D eigenvalue weighted by molar-refractivity contribution is 0.574. The summed E-state index contributed by atoms with van der Waals surface area (Å²) < 4.78 is 6.77. The van der Waals surface area contributed by atoms with Gasteiger partial charge in [-0.1, -0.05) is 118 Å². The number of nitrogens with one attached hydrogen (secondary N) is 1. The Morgan fingerprint density at radius 1 is 0.526 bits per heavy atom. The molecule has 0 spiro atoms. The average Bonchev–Trinajstić information content (AvgIpc) is 3.33. The number of fused-ring (bicyclic) bond motifs is 6. The number of para-hydroxylation sites is 2. The number of hydrogen-bond donors (Lipinski definition) is 1. The third-order valence-corrected chi connectivity index (χ3v) is 7.57. The lowest BCUT2D eigenvalue weighted by Crippen LogP contribution is -2.11. The molecular formula is C36H29NO. The van der Waals surface area contributed by atoms with Crippen LogP contribution in [0.4, 0.5) is 11.4 Å². The zero-order valence-corrected chi connectivity index (χ0v) is 21.9. The summed E-state index contributed by atoms with van der Waals surface area (Å²) in [5.74, 6) is 0. The van der Waals surface area contributed by atoms with Crippen molar-refractivity contribution in [3.05, 3.63) is 121 Å². The van der Waals surface area contributed by atoms with E-state index in [9.17, 15) is 0 Å².